The molecule has 5 nitrogen and oxygen atoms in total. The van der Waals surface area contributed by atoms with Gasteiger partial charge in [0.15, 0.2) is 0 Å². The summed E-state index contributed by atoms with van der Waals surface area (Å²) in [6.45, 7) is 4.18. The lowest BCUT2D eigenvalue weighted by Crippen LogP contribution is -2.29. The van der Waals surface area contributed by atoms with Gasteiger partial charge in [0.05, 0.1) is 24.2 Å². The van der Waals surface area contributed by atoms with Gasteiger partial charge in [-0.05, 0) is 18.6 Å². The van der Waals surface area contributed by atoms with Gasteiger partial charge in [0.2, 0.25) is 0 Å². The fraction of sp³-hybridized carbons (Fsp3) is 0.615. The van der Waals surface area contributed by atoms with Gasteiger partial charge >= 0.3 is 0 Å². The van der Waals surface area contributed by atoms with Crippen molar-refractivity contribution in [1.29, 1.82) is 0 Å². The second kappa shape index (κ2) is 8.85. The Labute approximate surface area is 109 Å². The molecule has 2 N–H and O–H groups in total. The number of ether oxygens (including phenoxy) is 2. The zero-order valence-electron chi connectivity index (χ0n) is 11.3. The third kappa shape index (κ3) is 5.95. The van der Waals surface area contributed by atoms with E-state index in [4.69, 9.17) is 15.2 Å². The molecule has 1 aromatic heterocycles. The maximum Gasteiger partial charge on any atom is 0.0589 e. The molecule has 0 fully saturated rings. The van der Waals surface area contributed by atoms with Gasteiger partial charge < -0.3 is 15.2 Å². The maximum atomic E-state index is 5.62. The Morgan fingerprint density at radius 3 is 2.56 bits per heavy atom. The highest BCUT2D eigenvalue weighted by atomic mass is 16.5. The van der Waals surface area contributed by atoms with E-state index >= 15 is 0 Å². The average molecular weight is 253 g/mol. The number of anilines is 1. The van der Waals surface area contributed by atoms with Crippen LogP contribution in [0.5, 0.6) is 0 Å². The van der Waals surface area contributed by atoms with Crippen molar-refractivity contribution in [1.82, 2.24) is 9.88 Å². The van der Waals surface area contributed by atoms with Crippen molar-refractivity contribution < 1.29 is 9.47 Å². The first-order valence-electron chi connectivity index (χ1n) is 6.17. The summed E-state index contributed by atoms with van der Waals surface area (Å²) in [5.74, 6) is 0. The second-order valence-electron chi connectivity index (χ2n) is 4.20. The molecule has 18 heavy (non-hydrogen) atoms. The van der Waals surface area contributed by atoms with Gasteiger partial charge in [0, 0.05) is 40.5 Å². The van der Waals surface area contributed by atoms with E-state index in [0.717, 1.165) is 45.0 Å². The van der Waals surface area contributed by atoms with Crippen molar-refractivity contribution in [2.45, 2.75) is 13.0 Å². The Balaban J connectivity index is 2.45. The summed E-state index contributed by atoms with van der Waals surface area (Å²) in [5.41, 5.74) is 7.34. The van der Waals surface area contributed by atoms with Crippen molar-refractivity contribution in [2.75, 3.05) is 46.3 Å². The molecule has 0 aliphatic carbocycles. The lowest BCUT2D eigenvalue weighted by atomic mass is 10.3. The van der Waals surface area contributed by atoms with Crippen molar-refractivity contribution >= 4 is 5.69 Å². The van der Waals surface area contributed by atoms with E-state index in [0.29, 0.717) is 5.69 Å². The topological polar surface area (TPSA) is 60.6 Å². The van der Waals surface area contributed by atoms with Gasteiger partial charge in [-0.15, -0.1) is 0 Å². The van der Waals surface area contributed by atoms with E-state index in [1.165, 1.54) is 0 Å². The number of pyridine rings is 1. The number of nitrogens with two attached hydrogens (primary N) is 1. The molecule has 1 aromatic rings. The number of rotatable bonds is 9. The summed E-state index contributed by atoms with van der Waals surface area (Å²) >= 11 is 0. The fourth-order valence-electron chi connectivity index (χ4n) is 1.68. The van der Waals surface area contributed by atoms with Crippen LogP contribution in [0.1, 0.15) is 12.1 Å². The molecule has 1 rings (SSSR count). The molecular formula is C13H23N3O2. The summed E-state index contributed by atoms with van der Waals surface area (Å²) in [7, 11) is 3.44. The summed E-state index contributed by atoms with van der Waals surface area (Å²) in [4.78, 5) is 6.62. The molecular weight excluding hydrogens is 230 g/mol. The van der Waals surface area contributed by atoms with Crippen LogP contribution in [0, 0.1) is 0 Å². The Morgan fingerprint density at radius 2 is 1.94 bits per heavy atom. The summed E-state index contributed by atoms with van der Waals surface area (Å²) in [6.07, 6.45) is 2.70. The van der Waals surface area contributed by atoms with Crippen LogP contribution in [0.15, 0.2) is 18.3 Å². The van der Waals surface area contributed by atoms with E-state index in [2.05, 4.69) is 9.88 Å². The van der Waals surface area contributed by atoms with E-state index in [9.17, 15) is 0 Å². The molecule has 0 amide bonds. The molecule has 0 radical (unpaired) electrons. The first-order valence-corrected chi connectivity index (χ1v) is 6.17. The number of methoxy groups -OCH3 is 2. The van der Waals surface area contributed by atoms with Gasteiger partial charge in [-0.1, -0.05) is 0 Å². The molecule has 1 heterocycles. The van der Waals surface area contributed by atoms with Crippen LogP contribution < -0.4 is 5.73 Å². The highest BCUT2D eigenvalue weighted by molar-refractivity contribution is 5.34. The standard InChI is InChI=1S/C13H23N3O2/c1-17-8-3-6-16(7-9-18-2)11-13-5-4-12(14)10-15-13/h4-5,10H,3,6-9,11,14H2,1-2H3. The first-order chi connectivity index (χ1) is 8.76. The lowest BCUT2D eigenvalue weighted by Gasteiger charge is -2.21. The summed E-state index contributed by atoms with van der Waals surface area (Å²) < 4.78 is 10.2. The molecule has 0 atom stereocenters. The van der Waals surface area contributed by atoms with Crippen LogP contribution in [0.3, 0.4) is 0 Å². The number of nitrogens with zero attached hydrogens (tertiary/aromatic N) is 2. The van der Waals surface area contributed by atoms with Crippen molar-refractivity contribution in [3.63, 3.8) is 0 Å². The highest BCUT2D eigenvalue weighted by Gasteiger charge is 2.06. The van der Waals surface area contributed by atoms with E-state index in [1.54, 1.807) is 20.4 Å². The molecule has 0 spiro atoms. The van der Waals surface area contributed by atoms with E-state index < -0.39 is 0 Å². The van der Waals surface area contributed by atoms with Crippen LogP contribution in [0.25, 0.3) is 0 Å². The van der Waals surface area contributed by atoms with Gasteiger partial charge in [-0.25, -0.2) is 0 Å². The van der Waals surface area contributed by atoms with Crippen LogP contribution in [-0.2, 0) is 16.0 Å². The largest absolute Gasteiger partial charge is 0.397 e. The van der Waals surface area contributed by atoms with Crippen LogP contribution in [-0.4, -0.2) is 50.4 Å². The average Bonchev–Trinajstić information content (AvgIpc) is 2.38. The molecule has 102 valence electrons. The van der Waals surface area contributed by atoms with Gasteiger partial charge in [0.1, 0.15) is 0 Å². The number of aromatic nitrogens is 1. The van der Waals surface area contributed by atoms with Crippen LogP contribution in [0.2, 0.25) is 0 Å². The van der Waals surface area contributed by atoms with Crippen LogP contribution in [0.4, 0.5) is 5.69 Å². The summed E-state index contributed by atoms with van der Waals surface area (Å²) in [6, 6.07) is 3.84. The molecule has 0 unspecified atom stereocenters. The molecule has 0 bridgehead atoms. The Hall–Kier alpha value is -1.17. The monoisotopic (exact) mass is 253 g/mol. The minimum absolute atomic E-state index is 0.696. The number of nitrogen functional groups attached to an aromatic ring is 1. The van der Waals surface area contributed by atoms with E-state index in [1.807, 2.05) is 12.1 Å². The predicted octanol–water partition coefficient (Wildman–Crippen LogP) is 1.15. The van der Waals surface area contributed by atoms with Crippen molar-refractivity contribution in [2.24, 2.45) is 0 Å². The molecule has 0 aliphatic rings. The third-order valence-corrected chi connectivity index (χ3v) is 2.67. The normalized spacial score (nSPS) is 11.1. The highest BCUT2D eigenvalue weighted by Crippen LogP contribution is 2.05. The predicted molar refractivity (Wildman–Crippen MR) is 72.3 cm³/mol. The first kappa shape index (κ1) is 14.9. The minimum Gasteiger partial charge on any atom is -0.397 e. The lowest BCUT2D eigenvalue weighted by molar-refractivity contribution is 0.128. The number of hydrogen-bond acceptors (Lipinski definition) is 5. The Kier molecular flexibility index (Phi) is 7.32. The third-order valence-electron chi connectivity index (χ3n) is 2.67. The summed E-state index contributed by atoms with van der Waals surface area (Å²) in [5, 5.41) is 0. The van der Waals surface area contributed by atoms with Gasteiger partial charge in [-0.3, -0.25) is 9.88 Å². The molecule has 0 saturated heterocycles. The zero-order chi connectivity index (χ0) is 13.2. The Bertz CT molecular complexity index is 317. The van der Waals surface area contributed by atoms with Gasteiger partial charge in [-0.2, -0.15) is 0 Å². The van der Waals surface area contributed by atoms with Gasteiger partial charge in [0.25, 0.3) is 0 Å². The fourth-order valence-corrected chi connectivity index (χ4v) is 1.68. The van der Waals surface area contributed by atoms with Crippen molar-refractivity contribution in [3.05, 3.63) is 24.0 Å². The Morgan fingerprint density at radius 1 is 1.17 bits per heavy atom. The molecule has 0 aromatic carbocycles. The molecule has 5 heteroatoms. The smallest absolute Gasteiger partial charge is 0.0589 e. The number of hydrogen-bond donors (Lipinski definition) is 1. The second-order valence-corrected chi connectivity index (χ2v) is 4.20. The molecule has 0 aliphatic heterocycles. The van der Waals surface area contributed by atoms with Crippen molar-refractivity contribution in [3.8, 4) is 0 Å². The SMILES string of the molecule is COCCCN(CCOC)Cc1ccc(N)cn1. The minimum atomic E-state index is 0.696. The quantitative estimate of drug-likeness (QED) is 0.669. The molecule has 0 saturated carbocycles. The van der Waals surface area contributed by atoms with E-state index in [-0.39, 0.29) is 0 Å². The van der Waals surface area contributed by atoms with Crippen LogP contribution >= 0.6 is 0 Å². The maximum absolute atomic E-state index is 5.62. The zero-order valence-corrected chi connectivity index (χ0v) is 11.3.